The Hall–Kier alpha value is -0.000519. The van der Waals surface area contributed by atoms with Crippen molar-refractivity contribution < 1.29 is 16.0 Å². The van der Waals surface area contributed by atoms with Crippen LogP contribution in [0, 0.1) is 0 Å². The van der Waals surface area contributed by atoms with E-state index in [0.717, 1.165) is 12.8 Å². The fourth-order valence-electron chi connectivity index (χ4n) is 0.836. The van der Waals surface area contributed by atoms with Gasteiger partial charge in [0.05, 0.1) is 0 Å². The molecule has 0 saturated heterocycles. The molecule has 0 unspecified atom stereocenters. The summed E-state index contributed by atoms with van der Waals surface area (Å²) in [4.78, 5) is 0. The van der Waals surface area contributed by atoms with Gasteiger partial charge in [-0.3, -0.25) is 0 Å². The molecule has 8 heavy (non-hydrogen) atoms. The zero-order valence-corrected chi connectivity index (χ0v) is 6.13. The summed E-state index contributed by atoms with van der Waals surface area (Å²) in [7, 11) is 0. The molecule has 0 fully saturated rings. The van der Waals surface area contributed by atoms with Crippen LogP contribution in [0.2, 0.25) is 0 Å². The van der Waals surface area contributed by atoms with Gasteiger partial charge in [0.2, 0.25) is 0 Å². The molecule has 0 aromatic carbocycles. The summed E-state index contributed by atoms with van der Waals surface area (Å²) in [5.41, 5.74) is 1.45. The van der Waals surface area contributed by atoms with Gasteiger partial charge in [-0.2, -0.15) is 0 Å². The van der Waals surface area contributed by atoms with Crippen molar-refractivity contribution in [2.75, 3.05) is 0 Å². The molecular formula is C7H9Mn. The van der Waals surface area contributed by atoms with E-state index in [4.69, 9.17) is 0 Å². The van der Waals surface area contributed by atoms with Crippen LogP contribution >= 0.6 is 0 Å². The van der Waals surface area contributed by atoms with E-state index in [1.165, 1.54) is 10.0 Å². The number of hydrogen-bond donors (Lipinski definition) is 0. The van der Waals surface area contributed by atoms with Crippen LogP contribution in [0.25, 0.3) is 0 Å². The van der Waals surface area contributed by atoms with Crippen molar-refractivity contribution >= 4 is 0 Å². The molecule has 1 aliphatic carbocycles. The van der Waals surface area contributed by atoms with E-state index in [1.54, 1.807) is 0 Å². The summed E-state index contributed by atoms with van der Waals surface area (Å²) in [6.45, 7) is 2.17. The van der Waals surface area contributed by atoms with Gasteiger partial charge < -0.3 is 0 Å². The van der Waals surface area contributed by atoms with Crippen molar-refractivity contribution in [3.05, 3.63) is 22.2 Å². The van der Waals surface area contributed by atoms with Gasteiger partial charge in [-0.15, -0.1) is 0 Å². The van der Waals surface area contributed by atoms with Gasteiger partial charge >= 0.3 is 58.0 Å². The average molecular weight is 148 g/mol. The van der Waals surface area contributed by atoms with Crippen LogP contribution in [0.3, 0.4) is 0 Å². The minimum atomic E-state index is 1.10. The summed E-state index contributed by atoms with van der Waals surface area (Å²) in [6.07, 6.45) is 6.62. The predicted molar refractivity (Wildman–Crippen MR) is 31.1 cm³/mol. The number of hydrogen-bond acceptors (Lipinski definition) is 0. The van der Waals surface area contributed by atoms with Gasteiger partial charge in [0.25, 0.3) is 0 Å². The second-order valence-electron chi connectivity index (χ2n) is 1.89. The third-order valence-corrected chi connectivity index (χ3v) is 1.97. The van der Waals surface area contributed by atoms with E-state index in [0.29, 0.717) is 0 Å². The number of allylic oxidation sites excluding steroid dienone is 4. The summed E-state index contributed by atoms with van der Waals surface area (Å²) < 4.78 is 1.36. The summed E-state index contributed by atoms with van der Waals surface area (Å²) in [5, 5.41) is 0. The molecule has 44 valence electrons. The van der Waals surface area contributed by atoms with Crippen LogP contribution in [0.4, 0.5) is 0 Å². The van der Waals surface area contributed by atoms with E-state index >= 15 is 0 Å². The van der Waals surface area contributed by atoms with Crippen LogP contribution in [-0.2, 0) is 16.0 Å². The molecule has 1 heteroatoms. The fourth-order valence-corrected chi connectivity index (χ4v) is 1.28. The molecule has 0 aromatic rings. The van der Waals surface area contributed by atoms with E-state index in [-0.39, 0.29) is 0 Å². The van der Waals surface area contributed by atoms with Crippen molar-refractivity contribution in [2.24, 2.45) is 0 Å². The zero-order chi connectivity index (χ0) is 5.98. The molecule has 0 saturated carbocycles. The first-order valence-corrected chi connectivity index (χ1v) is 3.47. The molecule has 0 radical (unpaired) electrons. The van der Waals surface area contributed by atoms with Crippen molar-refractivity contribution in [3.8, 4) is 0 Å². The molecule has 0 aliphatic heterocycles. The van der Waals surface area contributed by atoms with E-state index in [2.05, 4.69) is 35.1 Å². The Morgan fingerprint density at radius 2 is 2.50 bits per heavy atom. The number of rotatable bonds is 1. The normalized spacial score (nSPS) is 18.2. The molecule has 1 rings (SSSR count). The van der Waals surface area contributed by atoms with Crippen LogP contribution in [-0.4, -0.2) is 0 Å². The Balaban J connectivity index is 2.70. The molecule has 0 amide bonds. The minimum absolute atomic E-state index is 1.10. The van der Waals surface area contributed by atoms with Gasteiger partial charge in [-0.25, -0.2) is 0 Å². The van der Waals surface area contributed by atoms with Gasteiger partial charge in [0.15, 0.2) is 0 Å². The van der Waals surface area contributed by atoms with Gasteiger partial charge in [-0.05, 0) is 0 Å². The van der Waals surface area contributed by atoms with Gasteiger partial charge in [0, 0.05) is 0 Å². The van der Waals surface area contributed by atoms with E-state index in [9.17, 15) is 0 Å². The Bertz CT molecular complexity index is 142. The Kier molecular flexibility index (Phi) is 1.93. The molecule has 0 bridgehead atoms. The van der Waals surface area contributed by atoms with Crippen LogP contribution in [0.1, 0.15) is 19.8 Å². The SMILES string of the molecule is CCC1=[C]([Mn])CC=C1. The van der Waals surface area contributed by atoms with Crippen LogP contribution < -0.4 is 0 Å². The van der Waals surface area contributed by atoms with E-state index in [1.807, 2.05) is 0 Å². The monoisotopic (exact) mass is 148 g/mol. The average Bonchev–Trinajstić information content (AvgIpc) is 2.14. The third-order valence-electron chi connectivity index (χ3n) is 1.35. The first-order chi connectivity index (χ1) is 3.84. The Morgan fingerprint density at radius 1 is 1.75 bits per heavy atom. The van der Waals surface area contributed by atoms with Crippen molar-refractivity contribution in [1.29, 1.82) is 0 Å². The van der Waals surface area contributed by atoms with Crippen LogP contribution in [0.5, 0.6) is 0 Å². The third kappa shape index (κ3) is 1.04. The Labute approximate surface area is 58.5 Å². The molecule has 0 heterocycles. The predicted octanol–water partition coefficient (Wildman–Crippen LogP) is 2.16. The van der Waals surface area contributed by atoms with Crippen molar-refractivity contribution in [1.82, 2.24) is 0 Å². The first-order valence-electron chi connectivity index (χ1n) is 2.88. The molecule has 0 aromatic heterocycles. The van der Waals surface area contributed by atoms with E-state index < -0.39 is 0 Å². The second-order valence-corrected chi connectivity index (χ2v) is 2.60. The summed E-state index contributed by atoms with van der Waals surface area (Å²) in [6, 6.07) is 0. The summed E-state index contributed by atoms with van der Waals surface area (Å²) in [5.74, 6) is 0. The van der Waals surface area contributed by atoms with Crippen LogP contribution in [0.15, 0.2) is 22.2 Å². The first kappa shape index (κ1) is 6.12. The molecule has 0 atom stereocenters. The molecule has 0 N–H and O–H groups in total. The second kappa shape index (κ2) is 2.52. The maximum absolute atomic E-state index is 3.48. The standard InChI is InChI=1S/C7H9.Mn/c1-2-7-5-3-4-6-7;/h3,5H,2,4H2,1H3;. The molecule has 0 spiro atoms. The fraction of sp³-hybridized carbons (Fsp3) is 0.429. The Morgan fingerprint density at radius 3 is 2.75 bits per heavy atom. The van der Waals surface area contributed by atoms with Crippen molar-refractivity contribution in [3.63, 3.8) is 0 Å². The summed E-state index contributed by atoms with van der Waals surface area (Å²) >= 11 is 3.48. The topological polar surface area (TPSA) is 0 Å². The molecule has 1 aliphatic rings. The van der Waals surface area contributed by atoms with Gasteiger partial charge in [0.1, 0.15) is 0 Å². The zero-order valence-electron chi connectivity index (χ0n) is 4.95. The van der Waals surface area contributed by atoms with Gasteiger partial charge in [-0.1, -0.05) is 0 Å². The quantitative estimate of drug-likeness (QED) is 0.500. The molecular weight excluding hydrogens is 139 g/mol. The van der Waals surface area contributed by atoms with Crippen molar-refractivity contribution in [2.45, 2.75) is 19.8 Å². The molecule has 0 nitrogen and oxygen atoms in total. The maximum atomic E-state index is 3.48.